The van der Waals surface area contributed by atoms with Gasteiger partial charge < -0.3 is 10.1 Å². The van der Waals surface area contributed by atoms with Crippen LogP contribution in [0.3, 0.4) is 0 Å². The van der Waals surface area contributed by atoms with Gasteiger partial charge in [-0.25, -0.2) is 0 Å². The number of nitrogens with one attached hydrogen (secondary N) is 1. The monoisotopic (exact) mass is 406 g/mol. The second-order valence-electron chi connectivity index (χ2n) is 5.93. The Morgan fingerprint density at radius 2 is 1.92 bits per heavy atom. The molecule has 132 valence electrons. The minimum absolute atomic E-state index is 0.0267. The highest BCUT2D eigenvalue weighted by Crippen LogP contribution is 2.32. The molecule has 0 unspecified atom stereocenters. The maximum atomic E-state index is 12.1. The van der Waals surface area contributed by atoms with Crippen LogP contribution in [0.5, 0.6) is 5.75 Å². The summed E-state index contributed by atoms with van der Waals surface area (Å²) in [5, 5.41) is 13.3. The van der Waals surface area contributed by atoms with Crippen molar-refractivity contribution in [3.8, 4) is 5.75 Å². The van der Waals surface area contributed by atoms with E-state index in [0.717, 1.165) is 15.6 Å². The zero-order valence-electron chi connectivity index (χ0n) is 14.2. The van der Waals surface area contributed by atoms with E-state index in [0.29, 0.717) is 11.4 Å². The predicted octanol–water partition coefficient (Wildman–Crippen LogP) is 4.81. The fraction of sp³-hybridized carbons (Fsp3) is 0.278. The highest BCUT2D eigenvalue weighted by atomic mass is 79.9. The molecule has 0 saturated carbocycles. The number of amides is 1. The average Bonchev–Trinajstić information content (AvgIpc) is 2.55. The SMILES string of the molecule is Cc1cc(OCC(=O)Nc2ccc([N+](=O)[O-])cc2)c(C(C)C)cc1Br. The van der Waals surface area contributed by atoms with Gasteiger partial charge in [0.05, 0.1) is 4.92 Å². The molecule has 2 aromatic carbocycles. The number of nitrogens with zero attached hydrogens (tertiary/aromatic N) is 1. The van der Waals surface area contributed by atoms with Gasteiger partial charge in [-0.15, -0.1) is 0 Å². The second-order valence-corrected chi connectivity index (χ2v) is 6.79. The van der Waals surface area contributed by atoms with Crippen LogP contribution in [0.15, 0.2) is 40.9 Å². The van der Waals surface area contributed by atoms with Gasteiger partial charge >= 0.3 is 0 Å². The third-order valence-electron chi connectivity index (χ3n) is 3.63. The first kappa shape index (κ1) is 18.9. The molecule has 0 aliphatic carbocycles. The minimum atomic E-state index is -0.488. The van der Waals surface area contributed by atoms with Gasteiger partial charge in [-0.2, -0.15) is 0 Å². The first-order valence-corrected chi connectivity index (χ1v) is 8.54. The molecule has 7 heteroatoms. The number of nitro benzene ring substituents is 1. The van der Waals surface area contributed by atoms with Gasteiger partial charge in [-0.05, 0) is 48.2 Å². The predicted molar refractivity (Wildman–Crippen MR) is 100 cm³/mol. The normalized spacial score (nSPS) is 10.6. The Morgan fingerprint density at radius 3 is 2.48 bits per heavy atom. The Kier molecular flexibility index (Phi) is 6.14. The van der Waals surface area contributed by atoms with Gasteiger partial charge in [0.15, 0.2) is 6.61 Å². The second kappa shape index (κ2) is 8.11. The molecule has 2 aromatic rings. The van der Waals surface area contributed by atoms with Crippen LogP contribution in [0.4, 0.5) is 11.4 Å². The number of aryl methyl sites for hydroxylation is 1. The third-order valence-corrected chi connectivity index (χ3v) is 4.49. The highest BCUT2D eigenvalue weighted by Gasteiger charge is 2.13. The zero-order valence-corrected chi connectivity index (χ0v) is 15.8. The van der Waals surface area contributed by atoms with Crippen molar-refractivity contribution in [1.29, 1.82) is 0 Å². The maximum absolute atomic E-state index is 12.1. The lowest BCUT2D eigenvalue weighted by Gasteiger charge is -2.16. The smallest absolute Gasteiger partial charge is 0.269 e. The number of carbonyl (C=O) groups is 1. The van der Waals surface area contributed by atoms with Crippen molar-refractivity contribution in [2.45, 2.75) is 26.7 Å². The largest absolute Gasteiger partial charge is 0.483 e. The number of halogens is 1. The van der Waals surface area contributed by atoms with E-state index < -0.39 is 4.92 Å². The van der Waals surface area contributed by atoms with Crippen molar-refractivity contribution < 1.29 is 14.5 Å². The van der Waals surface area contributed by atoms with Crippen LogP contribution >= 0.6 is 15.9 Å². The third kappa shape index (κ3) is 5.03. The fourth-order valence-corrected chi connectivity index (χ4v) is 2.61. The van der Waals surface area contributed by atoms with Crippen LogP contribution in [0.1, 0.15) is 30.9 Å². The van der Waals surface area contributed by atoms with E-state index in [1.54, 1.807) is 0 Å². The van der Waals surface area contributed by atoms with Crippen molar-refractivity contribution >= 4 is 33.2 Å². The number of ether oxygens (including phenoxy) is 1. The number of hydrogen-bond donors (Lipinski definition) is 1. The number of benzene rings is 2. The molecule has 2 rings (SSSR count). The Morgan fingerprint density at radius 1 is 1.28 bits per heavy atom. The molecule has 6 nitrogen and oxygen atoms in total. The average molecular weight is 407 g/mol. The molecule has 0 aromatic heterocycles. The highest BCUT2D eigenvalue weighted by molar-refractivity contribution is 9.10. The zero-order chi connectivity index (χ0) is 18.6. The van der Waals surface area contributed by atoms with Crippen LogP contribution in [0, 0.1) is 17.0 Å². The van der Waals surface area contributed by atoms with E-state index in [-0.39, 0.29) is 24.1 Å². The summed E-state index contributed by atoms with van der Waals surface area (Å²) >= 11 is 3.51. The van der Waals surface area contributed by atoms with Gasteiger partial charge in [0.25, 0.3) is 11.6 Å². The van der Waals surface area contributed by atoms with Crippen LogP contribution in [0.2, 0.25) is 0 Å². The number of hydrogen-bond acceptors (Lipinski definition) is 4. The van der Waals surface area contributed by atoms with Gasteiger partial charge in [-0.3, -0.25) is 14.9 Å². The Labute approximate surface area is 154 Å². The molecule has 0 aliphatic rings. The van der Waals surface area contributed by atoms with Gasteiger partial charge in [0, 0.05) is 22.3 Å². The molecule has 25 heavy (non-hydrogen) atoms. The first-order valence-electron chi connectivity index (χ1n) is 7.75. The van der Waals surface area contributed by atoms with Crippen LogP contribution in [0.25, 0.3) is 0 Å². The molecule has 0 aliphatic heterocycles. The van der Waals surface area contributed by atoms with Gasteiger partial charge in [-0.1, -0.05) is 29.8 Å². The van der Waals surface area contributed by atoms with Gasteiger partial charge in [0.1, 0.15) is 5.75 Å². The maximum Gasteiger partial charge on any atom is 0.269 e. The molecule has 0 bridgehead atoms. The number of nitro groups is 1. The molecular formula is C18H19BrN2O4. The molecule has 0 atom stereocenters. The summed E-state index contributed by atoms with van der Waals surface area (Å²) < 4.78 is 6.69. The van der Waals surface area contributed by atoms with E-state index in [2.05, 4.69) is 35.1 Å². The summed E-state index contributed by atoms with van der Waals surface area (Å²) in [6, 6.07) is 9.55. The fourth-order valence-electron chi connectivity index (χ4n) is 2.25. The molecule has 0 saturated heterocycles. The van der Waals surface area contributed by atoms with Crippen molar-refractivity contribution in [2.24, 2.45) is 0 Å². The quantitative estimate of drug-likeness (QED) is 0.551. The molecule has 0 radical (unpaired) electrons. The first-order chi connectivity index (χ1) is 11.8. The summed E-state index contributed by atoms with van der Waals surface area (Å²) in [5.74, 6) is 0.600. The van der Waals surface area contributed by atoms with Crippen molar-refractivity contribution in [2.75, 3.05) is 11.9 Å². The van der Waals surface area contributed by atoms with Crippen molar-refractivity contribution in [3.05, 3.63) is 62.1 Å². The Hall–Kier alpha value is -2.41. The van der Waals surface area contributed by atoms with Gasteiger partial charge in [0.2, 0.25) is 0 Å². The molecule has 0 fully saturated rings. The van der Waals surface area contributed by atoms with Crippen molar-refractivity contribution in [3.63, 3.8) is 0 Å². The van der Waals surface area contributed by atoms with E-state index in [1.807, 2.05) is 19.1 Å². The summed E-state index contributed by atoms with van der Waals surface area (Å²) in [5.41, 5.74) is 2.49. The topological polar surface area (TPSA) is 81.5 Å². The van der Waals surface area contributed by atoms with Crippen LogP contribution in [-0.2, 0) is 4.79 Å². The lowest BCUT2D eigenvalue weighted by molar-refractivity contribution is -0.384. The lowest BCUT2D eigenvalue weighted by Crippen LogP contribution is -2.20. The molecule has 0 spiro atoms. The summed E-state index contributed by atoms with van der Waals surface area (Å²) in [7, 11) is 0. The summed E-state index contributed by atoms with van der Waals surface area (Å²) in [6.45, 7) is 5.93. The van der Waals surface area contributed by atoms with Crippen LogP contribution in [-0.4, -0.2) is 17.4 Å². The van der Waals surface area contributed by atoms with E-state index >= 15 is 0 Å². The number of anilines is 1. The van der Waals surface area contributed by atoms with E-state index in [4.69, 9.17) is 4.74 Å². The number of rotatable bonds is 6. The standard InChI is InChI=1S/C18H19BrN2O4/c1-11(2)15-9-16(19)12(3)8-17(15)25-10-18(22)20-13-4-6-14(7-5-13)21(23)24/h4-9,11H,10H2,1-3H3,(H,20,22). The molecule has 1 N–H and O–H groups in total. The Balaban J connectivity index is 2.02. The number of carbonyl (C=O) groups excluding carboxylic acids is 1. The number of non-ortho nitro benzene ring substituents is 1. The van der Waals surface area contributed by atoms with E-state index in [9.17, 15) is 14.9 Å². The lowest BCUT2D eigenvalue weighted by atomic mass is 10.0. The molecular weight excluding hydrogens is 388 g/mol. The summed E-state index contributed by atoms with van der Waals surface area (Å²) in [6.07, 6.45) is 0. The Bertz CT molecular complexity index is 788. The summed E-state index contributed by atoms with van der Waals surface area (Å²) in [4.78, 5) is 22.2. The van der Waals surface area contributed by atoms with Crippen LogP contribution < -0.4 is 10.1 Å². The minimum Gasteiger partial charge on any atom is -0.483 e. The van der Waals surface area contributed by atoms with Crippen molar-refractivity contribution in [1.82, 2.24) is 0 Å². The molecule has 0 heterocycles. The van der Waals surface area contributed by atoms with E-state index in [1.165, 1.54) is 24.3 Å². The molecule has 1 amide bonds.